The van der Waals surface area contributed by atoms with Crippen molar-refractivity contribution < 1.29 is 0 Å². The predicted molar refractivity (Wildman–Crippen MR) is 64.9 cm³/mol. The molecule has 0 radical (unpaired) electrons. The van der Waals surface area contributed by atoms with Crippen LogP contribution in [0.1, 0.15) is 25.3 Å². The quantitative estimate of drug-likeness (QED) is 0.837. The van der Waals surface area contributed by atoms with E-state index in [4.69, 9.17) is 5.73 Å². The summed E-state index contributed by atoms with van der Waals surface area (Å²) in [5.74, 6) is 1.08. The second-order valence-corrected chi connectivity index (χ2v) is 4.17. The van der Waals surface area contributed by atoms with Crippen LogP contribution in [-0.2, 0) is 7.05 Å². The van der Waals surface area contributed by atoms with Gasteiger partial charge in [0.15, 0.2) is 0 Å². The zero-order valence-electron chi connectivity index (χ0n) is 9.81. The van der Waals surface area contributed by atoms with E-state index in [1.54, 1.807) is 10.9 Å². The first kappa shape index (κ1) is 10.7. The second-order valence-electron chi connectivity index (χ2n) is 4.17. The number of anilines is 1. The Morgan fingerprint density at radius 1 is 1.38 bits per heavy atom. The topological polar surface area (TPSA) is 56.7 Å². The van der Waals surface area contributed by atoms with Gasteiger partial charge in [-0.05, 0) is 18.1 Å². The summed E-state index contributed by atoms with van der Waals surface area (Å²) in [6.45, 7) is 4.24. The maximum absolute atomic E-state index is 6.02. The molecule has 0 amide bonds. The number of nitrogens with two attached hydrogens (primary N) is 1. The Kier molecular flexibility index (Phi) is 2.64. The van der Waals surface area contributed by atoms with Gasteiger partial charge in [0.1, 0.15) is 5.82 Å². The number of pyridine rings is 1. The van der Waals surface area contributed by atoms with Gasteiger partial charge in [0, 0.05) is 30.6 Å². The monoisotopic (exact) mass is 216 g/mol. The van der Waals surface area contributed by atoms with Gasteiger partial charge < -0.3 is 5.73 Å². The third-order valence-corrected chi connectivity index (χ3v) is 2.64. The van der Waals surface area contributed by atoms with Crippen molar-refractivity contribution in [1.82, 2.24) is 14.8 Å². The molecule has 2 aromatic heterocycles. The second kappa shape index (κ2) is 3.96. The van der Waals surface area contributed by atoms with Crippen molar-refractivity contribution in [2.45, 2.75) is 19.8 Å². The average molecular weight is 216 g/mol. The van der Waals surface area contributed by atoms with E-state index in [0.717, 1.165) is 22.6 Å². The van der Waals surface area contributed by atoms with Gasteiger partial charge in [-0.3, -0.25) is 9.67 Å². The lowest BCUT2D eigenvalue weighted by Crippen LogP contribution is -2.00. The minimum absolute atomic E-state index is 0.351. The number of hydrogen-bond donors (Lipinski definition) is 1. The van der Waals surface area contributed by atoms with Crippen LogP contribution in [0.3, 0.4) is 0 Å². The van der Waals surface area contributed by atoms with E-state index in [2.05, 4.69) is 23.9 Å². The number of aryl methyl sites for hydroxylation is 1. The third kappa shape index (κ3) is 1.66. The lowest BCUT2D eigenvalue weighted by Gasteiger charge is -2.06. The van der Waals surface area contributed by atoms with E-state index < -0.39 is 0 Å². The van der Waals surface area contributed by atoms with E-state index in [9.17, 15) is 0 Å². The lowest BCUT2D eigenvalue weighted by atomic mass is 10.00. The lowest BCUT2D eigenvalue weighted by molar-refractivity contribution is 0.779. The van der Waals surface area contributed by atoms with Crippen LogP contribution in [-0.4, -0.2) is 14.8 Å². The van der Waals surface area contributed by atoms with Crippen LogP contribution >= 0.6 is 0 Å². The SMILES string of the molecule is CC(C)c1c(-c2cccnc2)nn(C)c1N. The smallest absolute Gasteiger partial charge is 0.125 e. The summed E-state index contributed by atoms with van der Waals surface area (Å²) < 4.78 is 1.72. The van der Waals surface area contributed by atoms with Crippen LogP contribution in [0.2, 0.25) is 0 Å². The number of nitrogen functional groups attached to an aromatic ring is 1. The first-order chi connectivity index (χ1) is 7.61. The fraction of sp³-hybridized carbons (Fsp3) is 0.333. The molecule has 2 aromatic rings. The van der Waals surface area contributed by atoms with Crippen LogP contribution < -0.4 is 5.73 Å². The molecular formula is C12H16N4. The Bertz CT molecular complexity index is 485. The van der Waals surface area contributed by atoms with Crippen molar-refractivity contribution in [3.8, 4) is 11.3 Å². The zero-order valence-corrected chi connectivity index (χ0v) is 9.81. The molecular weight excluding hydrogens is 200 g/mol. The van der Waals surface area contributed by atoms with E-state index in [0.29, 0.717) is 5.92 Å². The van der Waals surface area contributed by atoms with Crippen molar-refractivity contribution in [1.29, 1.82) is 0 Å². The molecule has 4 nitrogen and oxygen atoms in total. The van der Waals surface area contributed by atoms with Crippen molar-refractivity contribution in [3.63, 3.8) is 0 Å². The van der Waals surface area contributed by atoms with Crippen molar-refractivity contribution in [2.24, 2.45) is 7.05 Å². The highest BCUT2D eigenvalue weighted by molar-refractivity contribution is 5.68. The van der Waals surface area contributed by atoms with Gasteiger partial charge in [-0.1, -0.05) is 13.8 Å². The molecule has 0 saturated heterocycles. The van der Waals surface area contributed by atoms with Gasteiger partial charge in [-0.2, -0.15) is 5.10 Å². The molecule has 0 spiro atoms. The molecule has 84 valence electrons. The normalized spacial score (nSPS) is 11.0. The van der Waals surface area contributed by atoms with Crippen LogP contribution in [0.5, 0.6) is 0 Å². The van der Waals surface area contributed by atoms with Crippen LogP contribution in [0, 0.1) is 0 Å². The van der Waals surface area contributed by atoms with Gasteiger partial charge in [0.05, 0.1) is 5.69 Å². The maximum Gasteiger partial charge on any atom is 0.125 e. The molecule has 0 fully saturated rings. The fourth-order valence-corrected chi connectivity index (χ4v) is 1.84. The maximum atomic E-state index is 6.02. The molecule has 0 atom stereocenters. The van der Waals surface area contributed by atoms with E-state index >= 15 is 0 Å². The molecule has 0 aromatic carbocycles. The Hall–Kier alpha value is -1.84. The van der Waals surface area contributed by atoms with E-state index in [1.807, 2.05) is 25.4 Å². The van der Waals surface area contributed by atoms with Gasteiger partial charge in [0.2, 0.25) is 0 Å². The molecule has 2 N–H and O–H groups in total. The summed E-state index contributed by atoms with van der Waals surface area (Å²) >= 11 is 0. The van der Waals surface area contributed by atoms with E-state index in [1.165, 1.54) is 0 Å². The first-order valence-corrected chi connectivity index (χ1v) is 5.34. The minimum Gasteiger partial charge on any atom is -0.384 e. The summed E-state index contributed by atoms with van der Waals surface area (Å²) in [6.07, 6.45) is 3.57. The molecule has 0 aliphatic rings. The molecule has 0 aliphatic carbocycles. The molecule has 0 aliphatic heterocycles. The predicted octanol–water partition coefficient (Wildman–Crippen LogP) is 2.19. The standard InChI is InChI=1S/C12H16N4/c1-8(2)10-11(15-16(3)12(10)13)9-5-4-6-14-7-9/h4-8H,13H2,1-3H3. The molecule has 4 heteroatoms. The minimum atomic E-state index is 0.351. The van der Waals surface area contributed by atoms with Gasteiger partial charge in [-0.25, -0.2) is 0 Å². The van der Waals surface area contributed by atoms with Crippen molar-refractivity contribution >= 4 is 5.82 Å². The van der Waals surface area contributed by atoms with Gasteiger partial charge >= 0.3 is 0 Å². The van der Waals surface area contributed by atoms with Crippen molar-refractivity contribution in [3.05, 3.63) is 30.1 Å². The molecule has 0 saturated carbocycles. The highest BCUT2D eigenvalue weighted by Gasteiger charge is 2.17. The number of rotatable bonds is 2. The summed E-state index contributed by atoms with van der Waals surface area (Å²) in [5, 5.41) is 4.45. The molecule has 2 rings (SSSR count). The van der Waals surface area contributed by atoms with Crippen LogP contribution in [0.4, 0.5) is 5.82 Å². The molecule has 0 bridgehead atoms. The van der Waals surface area contributed by atoms with Gasteiger partial charge in [-0.15, -0.1) is 0 Å². The summed E-state index contributed by atoms with van der Waals surface area (Å²) in [7, 11) is 1.86. The average Bonchev–Trinajstić information content (AvgIpc) is 2.57. The zero-order chi connectivity index (χ0) is 11.7. The largest absolute Gasteiger partial charge is 0.384 e. The first-order valence-electron chi connectivity index (χ1n) is 5.34. The summed E-state index contributed by atoms with van der Waals surface area (Å²) in [6, 6.07) is 3.91. The fourth-order valence-electron chi connectivity index (χ4n) is 1.84. The Morgan fingerprint density at radius 2 is 2.12 bits per heavy atom. The molecule has 0 unspecified atom stereocenters. The highest BCUT2D eigenvalue weighted by atomic mass is 15.3. The van der Waals surface area contributed by atoms with Crippen molar-refractivity contribution in [2.75, 3.05) is 5.73 Å². The number of hydrogen-bond acceptors (Lipinski definition) is 3. The Labute approximate surface area is 95.1 Å². The van der Waals surface area contributed by atoms with Crippen LogP contribution in [0.25, 0.3) is 11.3 Å². The number of nitrogens with zero attached hydrogens (tertiary/aromatic N) is 3. The van der Waals surface area contributed by atoms with Gasteiger partial charge in [0.25, 0.3) is 0 Å². The molecule has 2 heterocycles. The Morgan fingerprint density at radius 3 is 2.69 bits per heavy atom. The highest BCUT2D eigenvalue weighted by Crippen LogP contribution is 2.31. The summed E-state index contributed by atoms with van der Waals surface area (Å²) in [5.41, 5.74) is 9.06. The number of aromatic nitrogens is 3. The third-order valence-electron chi connectivity index (χ3n) is 2.64. The van der Waals surface area contributed by atoms with E-state index in [-0.39, 0.29) is 0 Å². The summed E-state index contributed by atoms with van der Waals surface area (Å²) in [4.78, 5) is 4.11. The molecule has 16 heavy (non-hydrogen) atoms. The van der Waals surface area contributed by atoms with Crippen LogP contribution in [0.15, 0.2) is 24.5 Å². The Balaban J connectivity index is 2.62.